The molecule has 0 atom stereocenters. The Balaban J connectivity index is 1.63. The summed E-state index contributed by atoms with van der Waals surface area (Å²) in [4.78, 5) is 7.36. The molecule has 2 aromatic carbocycles. The Kier molecular flexibility index (Phi) is 5.53. The predicted molar refractivity (Wildman–Crippen MR) is 114 cm³/mol. The van der Waals surface area contributed by atoms with Gasteiger partial charge in [0.2, 0.25) is 0 Å². The molecule has 0 radical (unpaired) electrons. The van der Waals surface area contributed by atoms with E-state index in [9.17, 15) is 4.39 Å². The summed E-state index contributed by atoms with van der Waals surface area (Å²) in [7, 11) is 0. The van der Waals surface area contributed by atoms with E-state index < -0.39 is 0 Å². The second-order valence-electron chi connectivity index (χ2n) is 6.26. The van der Waals surface area contributed by atoms with Crippen LogP contribution in [-0.2, 0) is 13.1 Å². The van der Waals surface area contributed by atoms with Gasteiger partial charge in [-0.05, 0) is 59.2 Å². The van der Waals surface area contributed by atoms with Gasteiger partial charge in [-0.25, -0.2) is 9.37 Å². The molecule has 0 saturated heterocycles. The van der Waals surface area contributed by atoms with E-state index in [1.54, 1.807) is 23.1 Å². The maximum absolute atomic E-state index is 13.1. The lowest BCUT2D eigenvalue weighted by Crippen LogP contribution is -2.13. The van der Waals surface area contributed by atoms with Gasteiger partial charge >= 0.3 is 0 Å². The third-order valence-corrected chi connectivity index (χ3v) is 6.02. The van der Waals surface area contributed by atoms with Crippen molar-refractivity contribution in [3.63, 3.8) is 0 Å². The van der Waals surface area contributed by atoms with E-state index in [4.69, 9.17) is 4.98 Å². The number of hydrogen-bond donors (Lipinski definition) is 1. The highest BCUT2D eigenvalue weighted by molar-refractivity contribution is 7.98. The van der Waals surface area contributed by atoms with Gasteiger partial charge in [0, 0.05) is 23.4 Å². The average molecular weight is 395 g/mol. The molecule has 0 bridgehead atoms. The molecule has 2 heterocycles. The van der Waals surface area contributed by atoms with Crippen LogP contribution in [0.5, 0.6) is 0 Å². The van der Waals surface area contributed by atoms with E-state index >= 15 is 0 Å². The fourth-order valence-electron chi connectivity index (χ4n) is 3.02. The van der Waals surface area contributed by atoms with Gasteiger partial charge in [0.25, 0.3) is 0 Å². The van der Waals surface area contributed by atoms with Crippen molar-refractivity contribution in [2.75, 3.05) is 6.26 Å². The summed E-state index contributed by atoms with van der Waals surface area (Å²) in [6.45, 7) is 1.39. The van der Waals surface area contributed by atoms with Crippen molar-refractivity contribution in [2.24, 2.45) is 0 Å². The topological polar surface area (TPSA) is 24.9 Å². The number of fused-ring (bicyclic) bond motifs is 1. The maximum Gasteiger partial charge on any atom is 0.123 e. The molecule has 27 heavy (non-hydrogen) atoms. The number of nitrogens with one attached hydrogen (secondary N) is 1. The fraction of sp³-hybridized carbons (Fsp3) is 0.136. The van der Waals surface area contributed by atoms with Crippen LogP contribution in [0.15, 0.2) is 70.9 Å². The lowest BCUT2D eigenvalue weighted by molar-refractivity contribution is 0.625. The van der Waals surface area contributed by atoms with E-state index in [2.05, 4.69) is 53.4 Å². The first kappa shape index (κ1) is 18.2. The molecule has 0 unspecified atom stereocenters. The summed E-state index contributed by atoms with van der Waals surface area (Å²) in [5.74, 6) is -0.206. The van der Waals surface area contributed by atoms with Crippen molar-refractivity contribution in [3.8, 4) is 10.6 Å². The molecule has 1 N–H and O–H groups in total. The summed E-state index contributed by atoms with van der Waals surface area (Å²) in [5, 5.41) is 6.69. The molecule has 4 rings (SSSR count). The molecule has 136 valence electrons. The van der Waals surface area contributed by atoms with Crippen LogP contribution in [0.4, 0.5) is 4.39 Å². The number of thiophene rings is 1. The second kappa shape index (κ2) is 8.21. The van der Waals surface area contributed by atoms with Crippen LogP contribution >= 0.6 is 23.1 Å². The van der Waals surface area contributed by atoms with Crippen molar-refractivity contribution in [2.45, 2.75) is 18.0 Å². The van der Waals surface area contributed by atoms with Gasteiger partial charge in [-0.2, -0.15) is 0 Å². The number of rotatable bonds is 6. The van der Waals surface area contributed by atoms with Crippen molar-refractivity contribution in [1.29, 1.82) is 0 Å². The molecule has 2 aromatic heterocycles. The lowest BCUT2D eigenvalue weighted by Gasteiger charge is -2.12. The molecule has 5 heteroatoms. The first-order valence-electron chi connectivity index (χ1n) is 8.69. The van der Waals surface area contributed by atoms with Crippen molar-refractivity contribution in [1.82, 2.24) is 10.3 Å². The van der Waals surface area contributed by atoms with Crippen LogP contribution < -0.4 is 5.32 Å². The van der Waals surface area contributed by atoms with Gasteiger partial charge in [0.05, 0.1) is 16.1 Å². The van der Waals surface area contributed by atoms with E-state index in [0.717, 1.165) is 22.2 Å². The van der Waals surface area contributed by atoms with Crippen molar-refractivity contribution >= 4 is 34.0 Å². The molecule has 4 aromatic rings. The van der Waals surface area contributed by atoms with Crippen molar-refractivity contribution < 1.29 is 4.39 Å². The number of hydrogen-bond acceptors (Lipinski definition) is 4. The maximum atomic E-state index is 13.1. The molecule has 0 fully saturated rings. The molecule has 0 aliphatic heterocycles. The Morgan fingerprint density at radius 2 is 1.89 bits per heavy atom. The van der Waals surface area contributed by atoms with Crippen LogP contribution in [0.2, 0.25) is 0 Å². The minimum atomic E-state index is -0.206. The number of pyridine rings is 1. The van der Waals surface area contributed by atoms with E-state index in [1.807, 2.05) is 12.1 Å². The van der Waals surface area contributed by atoms with Crippen LogP contribution in [0, 0.1) is 5.82 Å². The molecule has 2 nitrogen and oxygen atoms in total. The Bertz CT molecular complexity index is 1040. The highest BCUT2D eigenvalue weighted by Crippen LogP contribution is 2.30. The zero-order chi connectivity index (χ0) is 18.6. The highest BCUT2D eigenvalue weighted by Gasteiger charge is 2.11. The third-order valence-electron chi connectivity index (χ3n) is 4.42. The molecule has 0 amide bonds. The molecule has 0 aliphatic rings. The van der Waals surface area contributed by atoms with E-state index in [-0.39, 0.29) is 5.82 Å². The van der Waals surface area contributed by atoms with Crippen molar-refractivity contribution in [3.05, 3.63) is 83.0 Å². The Morgan fingerprint density at radius 1 is 1.04 bits per heavy atom. The first-order valence-corrected chi connectivity index (χ1v) is 10.8. The average Bonchev–Trinajstić information content (AvgIpc) is 3.23. The fourth-order valence-corrected chi connectivity index (χ4v) is 4.21. The molecule has 0 saturated carbocycles. The zero-order valence-corrected chi connectivity index (χ0v) is 16.5. The summed E-state index contributed by atoms with van der Waals surface area (Å²) in [5.41, 5.74) is 4.28. The van der Waals surface area contributed by atoms with Gasteiger partial charge in [-0.3, -0.25) is 0 Å². The number of nitrogens with zero attached hydrogens (tertiary/aromatic N) is 1. The van der Waals surface area contributed by atoms with E-state index in [0.29, 0.717) is 13.1 Å². The van der Waals surface area contributed by atoms with Crippen LogP contribution in [-0.4, -0.2) is 11.2 Å². The summed E-state index contributed by atoms with van der Waals surface area (Å²) in [6.07, 6.45) is 2.08. The monoisotopic (exact) mass is 394 g/mol. The standard InChI is InChI=1S/C22H19FN2S2/c1-26-19-9-6-16-11-17(14-24-13-15-4-7-18(23)8-5-15)22(25-20(16)12-19)21-3-2-10-27-21/h2-12,24H,13-14H2,1H3. The van der Waals surface area contributed by atoms with Gasteiger partial charge in [-0.1, -0.05) is 24.3 Å². The Hall–Kier alpha value is -2.21. The smallest absolute Gasteiger partial charge is 0.123 e. The van der Waals surface area contributed by atoms with Gasteiger partial charge < -0.3 is 5.32 Å². The minimum absolute atomic E-state index is 0.206. The summed E-state index contributed by atoms with van der Waals surface area (Å²) in [6, 6.07) is 19.4. The highest BCUT2D eigenvalue weighted by atomic mass is 32.2. The first-order chi connectivity index (χ1) is 13.2. The Labute approximate surface area is 166 Å². The van der Waals surface area contributed by atoms with Crippen LogP contribution in [0.3, 0.4) is 0 Å². The van der Waals surface area contributed by atoms with Crippen LogP contribution in [0.1, 0.15) is 11.1 Å². The molecule has 0 aliphatic carbocycles. The summed E-state index contributed by atoms with van der Waals surface area (Å²) >= 11 is 3.43. The lowest BCUT2D eigenvalue weighted by atomic mass is 10.1. The predicted octanol–water partition coefficient (Wildman–Crippen LogP) is 6.11. The normalized spacial score (nSPS) is 11.2. The van der Waals surface area contributed by atoms with Crippen LogP contribution in [0.25, 0.3) is 21.5 Å². The SMILES string of the molecule is CSc1ccc2cc(CNCc3ccc(F)cc3)c(-c3cccs3)nc2c1. The van der Waals surface area contributed by atoms with E-state index in [1.165, 1.54) is 27.5 Å². The number of thioether (sulfide) groups is 1. The van der Waals surface area contributed by atoms with Gasteiger partial charge in [0.1, 0.15) is 5.82 Å². The summed E-state index contributed by atoms with van der Waals surface area (Å²) < 4.78 is 13.1. The zero-order valence-electron chi connectivity index (χ0n) is 14.9. The minimum Gasteiger partial charge on any atom is -0.309 e. The third kappa shape index (κ3) is 4.21. The van der Waals surface area contributed by atoms with Gasteiger partial charge in [-0.15, -0.1) is 23.1 Å². The molecule has 0 spiro atoms. The number of halogens is 1. The largest absolute Gasteiger partial charge is 0.309 e. The number of benzene rings is 2. The van der Waals surface area contributed by atoms with Gasteiger partial charge in [0.15, 0.2) is 0 Å². The molecular weight excluding hydrogens is 375 g/mol. The Morgan fingerprint density at radius 3 is 2.63 bits per heavy atom. The quantitative estimate of drug-likeness (QED) is 0.399. The second-order valence-corrected chi connectivity index (χ2v) is 8.09. The molecular formula is C22H19FN2S2. The number of aromatic nitrogens is 1.